The fraction of sp³-hybridized carbons (Fsp3) is 0.500. The molecule has 1 aliphatic heterocycles. The summed E-state index contributed by atoms with van der Waals surface area (Å²) in [5.74, 6) is 0. The maximum absolute atomic E-state index is 12.2. The van der Waals surface area contributed by atoms with Crippen LogP contribution in [-0.2, 0) is 0 Å². The number of likely N-dealkylation sites (N-methyl/N-ethyl adjacent to an activating group) is 1. The third-order valence-electron chi connectivity index (χ3n) is 3.53. The van der Waals surface area contributed by atoms with E-state index < -0.39 is 0 Å². The molecule has 2 amide bonds. The van der Waals surface area contributed by atoms with Crippen molar-refractivity contribution in [3.05, 3.63) is 29.3 Å². The molecule has 0 saturated carbocycles. The van der Waals surface area contributed by atoms with E-state index in [-0.39, 0.29) is 30.0 Å². The van der Waals surface area contributed by atoms with E-state index in [4.69, 9.17) is 11.6 Å². The van der Waals surface area contributed by atoms with Crippen LogP contribution in [0.4, 0.5) is 10.5 Å². The molecule has 0 aliphatic carbocycles. The van der Waals surface area contributed by atoms with Crippen molar-refractivity contribution < 1.29 is 33.3 Å². The van der Waals surface area contributed by atoms with Gasteiger partial charge in [-0.25, -0.2) is 4.79 Å². The number of benzene rings is 1. The highest BCUT2D eigenvalue weighted by Gasteiger charge is 2.24. The zero-order valence-electron chi connectivity index (χ0n) is 11.9. The van der Waals surface area contributed by atoms with Gasteiger partial charge < -0.3 is 38.7 Å². The van der Waals surface area contributed by atoms with Gasteiger partial charge >= 0.3 is 6.03 Å². The lowest BCUT2D eigenvalue weighted by molar-refractivity contribution is -0.888. The molecule has 1 N–H and O–H groups in total. The largest absolute Gasteiger partial charge is 1.00 e. The minimum atomic E-state index is -0.0378. The summed E-state index contributed by atoms with van der Waals surface area (Å²) in [7, 11) is 4.41. The number of carbonyl (C=O) groups excluding carboxylic acids is 1. The predicted octanol–water partition coefficient (Wildman–Crippen LogP) is -0.342. The van der Waals surface area contributed by atoms with Gasteiger partial charge in [0.2, 0.25) is 0 Å². The molecule has 0 spiro atoms. The molecule has 2 rings (SSSR count). The zero-order valence-corrected chi connectivity index (χ0v) is 14.8. The van der Waals surface area contributed by atoms with E-state index >= 15 is 0 Å². The van der Waals surface area contributed by atoms with E-state index in [1.54, 1.807) is 12.1 Å². The lowest BCUT2D eigenvalue weighted by Gasteiger charge is -2.28. The SMILES string of the molecule is C[N+]1(C)CCCN(C(=O)Nc2cccc(Cl)c2)CC1.[I-]. The molecule has 0 radical (unpaired) electrons. The van der Waals surface area contributed by atoms with Gasteiger partial charge in [0.1, 0.15) is 0 Å². The number of anilines is 1. The molecule has 0 unspecified atom stereocenters. The Balaban J connectivity index is 0.00000200. The number of hydrogen-bond acceptors (Lipinski definition) is 1. The summed E-state index contributed by atoms with van der Waals surface area (Å²) < 4.78 is 0.973. The Hall–Kier alpha value is -0.530. The molecule has 1 aliphatic rings. The van der Waals surface area contributed by atoms with Gasteiger partial charge in [0.05, 0.1) is 33.7 Å². The highest BCUT2D eigenvalue weighted by Crippen LogP contribution is 2.16. The first-order valence-electron chi connectivity index (χ1n) is 6.60. The average Bonchev–Trinajstić information content (AvgIpc) is 2.50. The Labute approximate surface area is 142 Å². The van der Waals surface area contributed by atoms with Gasteiger partial charge in [-0.05, 0) is 18.2 Å². The lowest BCUT2D eigenvalue weighted by Crippen LogP contribution is -3.00. The summed E-state index contributed by atoms with van der Waals surface area (Å²) in [5.41, 5.74) is 0.746. The van der Waals surface area contributed by atoms with Crippen LogP contribution >= 0.6 is 11.6 Å². The summed E-state index contributed by atoms with van der Waals surface area (Å²) in [5, 5.41) is 3.53. The number of urea groups is 1. The van der Waals surface area contributed by atoms with Crippen LogP contribution < -0.4 is 29.3 Å². The Morgan fingerprint density at radius 1 is 1.30 bits per heavy atom. The molecule has 4 nitrogen and oxygen atoms in total. The van der Waals surface area contributed by atoms with Gasteiger partial charge in [0.15, 0.2) is 0 Å². The molecular weight excluding hydrogens is 389 g/mol. The van der Waals surface area contributed by atoms with E-state index in [9.17, 15) is 4.79 Å². The molecule has 1 heterocycles. The van der Waals surface area contributed by atoms with Crippen LogP contribution in [0.25, 0.3) is 0 Å². The van der Waals surface area contributed by atoms with Gasteiger partial charge in [-0.1, -0.05) is 17.7 Å². The number of carbonyl (C=O) groups is 1. The van der Waals surface area contributed by atoms with Crippen LogP contribution in [0.15, 0.2) is 24.3 Å². The molecule has 0 bridgehead atoms. The van der Waals surface area contributed by atoms with Crippen LogP contribution in [0.1, 0.15) is 6.42 Å². The monoisotopic (exact) mass is 409 g/mol. The maximum atomic E-state index is 12.2. The smallest absolute Gasteiger partial charge is 0.322 e. The predicted molar refractivity (Wildman–Crippen MR) is 78.5 cm³/mol. The number of amides is 2. The second kappa shape index (κ2) is 7.47. The van der Waals surface area contributed by atoms with E-state index in [2.05, 4.69) is 19.4 Å². The Bertz CT molecular complexity index is 467. The number of quaternary nitrogens is 1. The Morgan fingerprint density at radius 3 is 2.75 bits per heavy atom. The summed E-state index contributed by atoms with van der Waals surface area (Å²) in [6, 6.07) is 7.20. The van der Waals surface area contributed by atoms with Crippen LogP contribution in [0.3, 0.4) is 0 Å². The topological polar surface area (TPSA) is 32.3 Å². The standard InChI is InChI=1S/C14H20ClN3O.HI/c1-18(2)9-4-7-17(8-10-18)14(19)16-13-6-3-5-12(15)11-13;/h3,5-6,11H,4,7-10H2,1-2H3;1H. The van der Waals surface area contributed by atoms with Crippen molar-refractivity contribution in [1.29, 1.82) is 0 Å². The van der Waals surface area contributed by atoms with E-state index in [1.807, 2.05) is 17.0 Å². The fourth-order valence-corrected chi connectivity index (χ4v) is 2.47. The second-order valence-electron chi connectivity index (χ2n) is 5.66. The van der Waals surface area contributed by atoms with Crippen LogP contribution in [0, 0.1) is 0 Å². The summed E-state index contributed by atoms with van der Waals surface area (Å²) in [4.78, 5) is 14.1. The summed E-state index contributed by atoms with van der Waals surface area (Å²) in [6.07, 6.45) is 1.04. The molecule has 0 atom stereocenters. The molecule has 6 heteroatoms. The van der Waals surface area contributed by atoms with Crippen LogP contribution in [-0.4, -0.2) is 55.7 Å². The van der Waals surface area contributed by atoms with Gasteiger partial charge in [-0.2, -0.15) is 0 Å². The third kappa shape index (κ3) is 5.10. The number of nitrogens with one attached hydrogen (secondary N) is 1. The molecule has 112 valence electrons. The molecule has 0 aromatic heterocycles. The molecule has 1 aromatic carbocycles. The highest BCUT2D eigenvalue weighted by atomic mass is 127. The number of hydrogen-bond donors (Lipinski definition) is 1. The van der Waals surface area contributed by atoms with Gasteiger partial charge in [0, 0.05) is 23.7 Å². The van der Waals surface area contributed by atoms with Crippen molar-refractivity contribution in [3.63, 3.8) is 0 Å². The minimum Gasteiger partial charge on any atom is -1.00 e. The quantitative estimate of drug-likeness (QED) is 0.499. The van der Waals surface area contributed by atoms with Crippen molar-refractivity contribution in [2.45, 2.75) is 6.42 Å². The normalized spacial score (nSPS) is 17.9. The second-order valence-corrected chi connectivity index (χ2v) is 6.10. The average molecular weight is 410 g/mol. The highest BCUT2D eigenvalue weighted by molar-refractivity contribution is 6.30. The van der Waals surface area contributed by atoms with E-state index in [1.165, 1.54) is 0 Å². The zero-order chi connectivity index (χ0) is 13.9. The summed E-state index contributed by atoms with van der Waals surface area (Å²) in [6.45, 7) is 3.71. The number of halogens is 2. The van der Waals surface area contributed by atoms with Crippen LogP contribution in [0.5, 0.6) is 0 Å². The molecule has 1 aromatic rings. The Kier molecular flexibility index (Phi) is 6.54. The first-order valence-corrected chi connectivity index (χ1v) is 6.98. The van der Waals surface area contributed by atoms with Crippen molar-refractivity contribution in [2.24, 2.45) is 0 Å². The fourth-order valence-electron chi connectivity index (χ4n) is 2.28. The molecule has 1 fully saturated rings. The third-order valence-corrected chi connectivity index (χ3v) is 3.76. The molecule has 20 heavy (non-hydrogen) atoms. The summed E-state index contributed by atoms with van der Waals surface area (Å²) >= 11 is 5.91. The first-order chi connectivity index (χ1) is 8.96. The number of nitrogens with zero attached hydrogens (tertiary/aromatic N) is 2. The maximum Gasteiger partial charge on any atom is 0.322 e. The van der Waals surface area contributed by atoms with Crippen molar-refractivity contribution in [2.75, 3.05) is 45.6 Å². The van der Waals surface area contributed by atoms with Gasteiger partial charge in [-0.15, -0.1) is 0 Å². The number of rotatable bonds is 1. The first kappa shape index (κ1) is 17.5. The Morgan fingerprint density at radius 2 is 2.05 bits per heavy atom. The van der Waals surface area contributed by atoms with Gasteiger partial charge in [0.25, 0.3) is 0 Å². The van der Waals surface area contributed by atoms with Crippen molar-refractivity contribution in [3.8, 4) is 0 Å². The van der Waals surface area contributed by atoms with E-state index in [0.29, 0.717) is 5.02 Å². The lowest BCUT2D eigenvalue weighted by atomic mass is 10.3. The van der Waals surface area contributed by atoms with Crippen molar-refractivity contribution in [1.82, 2.24) is 4.90 Å². The van der Waals surface area contributed by atoms with Crippen molar-refractivity contribution >= 4 is 23.3 Å². The van der Waals surface area contributed by atoms with E-state index in [0.717, 1.165) is 42.8 Å². The minimum absolute atomic E-state index is 0. The van der Waals surface area contributed by atoms with Gasteiger partial charge in [-0.3, -0.25) is 0 Å². The van der Waals surface area contributed by atoms with Crippen LogP contribution in [0.2, 0.25) is 5.02 Å². The molecule has 1 saturated heterocycles. The molecular formula is C14H21ClIN3O.